The van der Waals surface area contributed by atoms with Gasteiger partial charge in [-0.05, 0) is 38.3 Å². The van der Waals surface area contributed by atoms with E-state index in [9.17, 15) is 4.39 Å². The Hall–Kier alpha value is -0.800. The van der Waals surface area contributed by atoms with Crippen molar-refractivity contribution < 1.29 is 9.13 Å². The Morgan fingerprint density at radius 3 is 2.84 bits per heavy atom. The van der Waals surface area contributed by atoms with Gasteiger partial charge >= 0.3 is 0 Å². The molecule has 2 atom stereocenters. The third-order valence-corrected chi connectivity index (χ3v) is 5.03. The molecule has 1 aromatic carbocycles. The van der Waals surface area contributed by atoms with E-state index in [-0.39, 0.29) is 17.3 Å². The molecular formula is C15H19ClFNO. The molecule has 2 aliphatic carbocycles. The molecule has 4 heteroatoms. The van der Waals surface area contributed by atoms with Crippen LogP contribution in [0.5, 0.6) is 0 Å². The van der Waals surface area contributed by atoms with Crippen LogP contribution in [-0.2, 0) is 4.74 Å². The SMILES string of the molecule is CCOC1CC(Nc2c(F)cccc2Cl)C12CCC2. The van der Waals surface area contributed by atoms with Gasteiger partial charge in [0.1, 0.15) is 5.82 Å². The van der Waals surface area contributed by atoms with Gasteiger partial charge in [-0.3, -0.25) is 0 Å². The molecule has 1 N–H and O–H groups in total. The quantitative estimate of drug-likeness (QED) is 0.892. The smallest absolute Gasteiger partial charge is 0.147 e. The van der Waals surface area contributed by atoms with Gasteiger partial charge in [0.15, 0.2) is 0 Å². The molecule has 2 fully saturated rings. The van der Waals surface area contributed by atoms with E-state index in [4.69, 9.17) is 16.3 Å². The molecule has 1 aromatic rings. The third-order valence-electron chi connectivity index (χ3n) is 4.72. The third kappa shape index (κ3) is 2.03. The zero-order valence-corrected chi connectivity index (χ0v) is 11.8. The van der Waals surface area contributed by atoms with Gasteiger partial charge in [0, 0.05) is 18.1 Å². The van der Waals surface area contributed by atoms with Crippen molar-refractivity contribution in [3.05, 3.63) is 29.0 Å². The summed E-state index contributed by atoms with van der Waals surface area (Å²) in [5, 5.41) is 3.76. The summed E-state index contributed by atoms with van der Waals surface area (Å²) in [4.78, 5) is 0. The second-order valence-electron chi connectivity index (χ2n) is 5.56. The van der Waals surface area contributed by atoms with Gasteiger partial charge in [-0.15, -0.1) is 0 Å². The average Bonchev–Trinajstić information content (AvgIpc) is 2.29. The van der Waals surface area contributed by atoms with Gasteiger partial charge in [-0.2, -0.15) is 0 Å². The first-order valence-electron chi connectivity index (χ1n) is 6.99. The second-order valence-corrected chi connectivity index (χ2v) is 5.97. The predicted octanol–water partition coefficient (Wildman–Crippen LogP) is 4.24. The first kappa shape index (κ1) is 13.2. The van der Waals surface area contributed by atoms with Crippen molar-refractivity contribution in [2.24, 2.45) is 5.41 Å². The number of hydrogen-bond acceptors (Lipinski definition) is 2. The maximum absolute atomic E-state index is 13.8. The zero-order chi connectivity index (χ0) is 13.5. The minimum Gasteiger partial charge on any atom is -0.378 e. The van der Waals surface area contributed by atoms with E-state index in [1.54, 1.807) is 12.1 Å². The lowest BCUT2D eigenvalue weighted by atomic mass is 9.51. The highest BCUT2D eigenvalue weighted by Gasteiger charge is 2.59. The number of ether oxygens (including phenoxy) is 1. The summed E-state index contributed by atoms with van der Waals surface area (Å²) in [6.45, 7) is 2.78. The van der Waals surface area contributed by atoms with Crippen LogP contribution >= 0.6 is 11.6 Å². The molecule has 2 aliphatic rings. The van der Waals surface area contributed by atoms with Crippen molar-refractivity contribution >= 4 is 17.3 Å². The van der Waals surface area contributed by atoms with Crippen LogP contribution < -0.4 is 5.32 Å². The molecule has 104 valence electrons. The van der Waals surface area contributed by atoms with Gasteiger partial charge < -0.3 is 10.1 Å². The lowest BCUT2D eigenvalue weighted by Crippen LogP contribution is -2.64. The van der Waals surface area contributed by atoms with Crippen LogP contribution in [0.15, 0.2) is 18.2 Å². The van der Waals surface area contributed by atoms with Crippen molar-refractivity contribution in [3.63, 3.8) is 0 Å². The van der Waals surface area contributed by atoms with Gasteiger partial charge in [-0.1, -0.05) is 24.1 Å². The summed E-state index contributed by atoms with van der Waals surface area (Å²) in [6.07, 6.45) is 4.85. The van der Waals surface area contributed by atoms with Gasteiger partial charge in [0.05, 0.1) is 16.8 Å². The van der Waals surface area contributed by atoms with E-state index in [0.717, 1.165) is 13.0 Å². The molecule has 2 nitrogen and oxygen atoms in total. The topological polar surface area (TPSA) is 21.3 Å². The number of rotatable bonds is 4. The van der Waals surface area contributed by atoms with Crippen molar-refractivity contribution in [1.29, 1.82) is 0 Å². The fourth-order valence-electron chi connectivity index (χ4n) is 3.45. The Balaban J connectivity index is 1.75. The number of para-hydroxylation sites is 1. The molecule has 0 radical (unpaired) electrons. The lowest BCUT2D eigenvalue weighted by molar-refractivity contribution is -0.157. The van der Waals surface area contributed by atoms with Gasteiger partial charge in [-0.25, -0.2) is 4.39 Å². The summed E-state index contributed by atoms with van der Waals surface area (Å²) in [5.74, 6) is -0.276. The first-order chi connectivity index (χ1) is 9.17. The highest BCUT2D eigenvalue weighted by atomic mass is 35.5. The van der Waals surface area contributed by atoms with Crippen LogP contribution in [0.4, 0.5) is 10.1 Å². The summed E-state index contributed by atoms with van der Waals surface area (Å²) < 4.78 is 19.6. The Morgan fingerprint density at radius 2 is 2.26 bits per heavy atom. The Morgan fingerprint density at radius 1 is 1.47 bits per heavy atom. The largest absolute Gasteiger partial charge is 0.378 e. The average molecular weight is 284 g/mol. The number of hydrogen-bond donors (Lipinski definition) is 1. The minimum absolute atomic E-state index is 0.210. The fraction of sp³-hybridized carbons (Fsp3) is 0.600. The Bertz CT molecular complexity index is 455. The van der Waals surface area contributed by atoms with Crippen LogP contribution in [-0.4, -0.2) is 18.8 Å². The molecular weight excluding hydrogens is 265 g/mol. The lowest BCUT2D eigenvalue weighted by Gasteiger charge is -2.61. The Kier molecular flexibility index (Phi) is 3.44. The summed E-state index contributed by atoms with van der Waals surface area (Å²) >= 11 is 6.07. The van der Waals surface area contributed by atoms with Crippen molar-refractivity contribution in [2.45, 2.75) is 44.8 Å². The normalized spacial score (nSPS) is 27.7. The first-order valence-corrected chi connectivity index (χ1v) is 7.37. The zero-order valence-electron chi connectivity index (χ0n) is 11.1. The molecule has 0 heterocycles. The van der Waals surface area contributed by atoms with E-state index in [0.29, 0.717) is 16.8 Å². The number of nitrogens with one attached hydrogen (secondary N) is 1. The number of anilines is 1. The fourth-order valence-corrected chi connectivity index (χ4v) is 3.67. The van der Waals surface area contributed by atoms with Crippen LogP contribution in [0.25, 0.3) is 0 Å². The van der Waals surface area contributed by atoms with Crippen LogP contribution in [0.2, 0.25) is 5.02 Å². The van der Waals surface area contributed by atoms with Crippen LogP contribution in [0.3, 0.4) is 0 Å². The maximum atomic E-state index is 13.8. The highest BCUT2D eigenvalue weighted by Crippen LogP contribution is 2.58. The molecule has 0 aromatic heterocycles. The minimum atomic E-state index is -0.276. The monoisotopic (exact) mass is 283 g/mol. The molecule has 2 saturated carbocycles. The van der Waals surface area contributed by atoms with E-state index in [1.807, 2.05) is 6.92 Å². The van der Waals surface area contributed by atoms with Crippen molar-refractivity contribution in [3.8, 4) is 0 Å². The standard InChI is InChI=1S/C15H19ClFNO/c1-2-19-13-9-12(15(13)7-4-8-15)18-14-10(16)5-3-6-11(14)17/h3,5-6,12-13,18H,2,4,7-9H2,1H3. The second kappa shape index (κ2) is 4.95. The maximum Gasteiger partial charge on any atom is 0.147 e. The molecule has 0 aliphatic heterocycles. The molecule has 19 heavy (non-hydrogen) atoms. The van der Waals surface area contributed by atoms with Crippen molar-refractivity contribution in [1.82, 2.24) is 0 Å². The van der Waals surface area contributed by atoms with E-state index in [2.05, 4.69) is 5.32 Å². The van der Waals surface area contributed by atoms with Crippen LogP contribution in [0, 0.1) is 11.2 Å². The predicted molar refractivity (Wildman–Crippen MR) is 75.1 cm³/mol. The molecule has 0 bridgehead atoms. The van der Waals surface area contributed by atoms with Gasteiger partial charge in [0.25, 0.3) is 0 Å². The summed E-state index contributed by atoms with van der Waals surface area (Å²) in [5.41, 5.74) is 0.650. The summed E-state index contributed by atoms with van der Waals surface area (Å²) in [7, 11) is 0. The summed E-state index contributed by atoms with van der Waals surface area (Å²) in [6, 6.07) is 5.08. The number of halogens is 2. The van der Waals surface area contributed by atoms with Gasteiger partial charge in [0.2, 0.25) is 0 Å². The van der Waals surface area contributed by atoms with E-state index >= 15 is 0 Å². The molecule has 1 spiro atoms. The molecule has 2 unspecified atom stereocenters. The van der Waals surface area contributed by atoms with Crippen LogP contribution in [0.1, 0.15) is 32.6 Å². The van der Waals surface area contributed by atoms with Crippen molar-refractivity contribution in [2.75, 3.05) is 11.9 Å². The highest BCUT2D eigenvalue weighted by molar-refractivity contribution is 6.33. The van der Waals surface area contributed by atoms with E-state index < -0.39 is 0 Å². The Labute approximate surface area is 118 Å². The number of benzene rings is 1. The van der Waals surface area contributed by atoms with E-state index in [1.165, 1.54) is 25.3 Å². The molecule has 3 rings (SSSR count). The molecule has 0 amide bonds. The molecule has 0 saturated heterocycles.